The van der Waals surface area contributed by atoms with Gasteiger partial charge in [0.05, 0.1) is 17.5 Å². The van der Waals surface area contributed by atoms with Crippen LogP contribution >= 0.6 is 15.9 Å². The lowest BCUT2D eigenvalue weighted by Gasteiger charge is -1.95. The van der Waals surface area contributed by atoms with Crippen molar-refractivity contribution in [3.8, 4) is 0 Å². The Morgan fingerprint density at radius 3 is 2.93 bits per heavy atom. The molecule has 2 heterocycles. The average molecular weight is 254 g/mol. The van der Waals surface area contributed by atoms with Gasteiger partial charge in [-0.25, -0.2) is 0 Å². The summed E-state index contributed by atoms with van der Waals surface area (Å²) in [5.74, 6) is -0.0602. The van der Waals surface area contributed by atoms with Crippen LogP contribution in [0.3, 0.4) is 0 Å². The van der Waals surface area contributed by atoms with Crippen molar-refractivity contribution >= 4 is 21.7 Å². The number of rotatable bonds is 2. The van der Waals surface area contributed by atoms with Gasteiger partial charge in [-0.3, -0.25) is 9.48 Å². The quantitative estimate of drug-likeness (QED) is 0.830. The van der Waals surface area contributed by atoms with Crippen LogP contribution in [0.2, 0.25) is 0 Å². The highest BCUT2D eigenvalue weighted by molar-refractivity contribution is 9.10. The fourth-order valence-corrected chi connectivity index (χ4v) is 1.57. The summed E-state index contributed by atoms with van der Waals surface area (Å²) in [7, 11) is 1.77. The number of H-pyrrole nitrogens is 1. The number of aromatic nitrogens is 3. The second-order valence-electron chi connectivity index (χ2n) is 2.89. The van der Waals surface area contributed by atoms with E-state index in [0.717, 1.165) is 0 Å². The van der Waals surface area contributed by atoms with Gasteiger partial charge in [0.15, 0.2) is 0 Å². The third kappa shape index (κ3) is 1.39. The van der Waals surface area contributed by atoms with Gasteiger partial charge in [-0.2, -0.15) is 5.10 Å². The monoisotopic (exact) mass is 253 g/mol. The molecular weight excluding hydrogens is 246 g/mol. The van der Waals surface area contributed by atoms with Gasteiger partial charge in [0.2, 0.25) is 5.78 Å². The molecule has 0 aliphatic heterocycles. The lowest BCUT2D eigenvalue weighted by atomic mass is 10.2. The second kappa shape index (κ2) is 3.42. The molecule has 72 valence electrons. The topological polar surface area (TPSA) is 50.7 Å². The fourth-order valence-electron chi connectivity index (χ4n) is 1.19. The first-order chi connectivity index (χ1) is 6.70. The van der Waals surface area contributed by atoms with Gasteiger partial charge in [-0.1, -0.05) is 0 Å². The smallest absolute Gasteiger partial charge is 0.213 e. The summed E-state index contributed by atoms with van der Waals surface area (Å²) < 4.78 is 2.30. The molecule has 0 bridgehead atoms. The van der Waals surface area contributed by atoms with Crippen molar-refractivity contribution in [1.29, 1.82) is 0 Å². The third-order valence-corrected chi connectivity index (χ3v) is 2.89. The number of nitrogens with zero attached hydrogens (tertiary/aromatic N) is 2. The molecular formula is C9H8BrN3O. The number of aromatic amines is 1. The minimum absolute atomic E-state index is 0.0602. The van der Waals surface area contributed by atoms with Crippen molar-refractivity contribution in [3.05, 3.63) is 40.4 Å². The number of carbonyl (C=O) groups is 1. The maximum atomic E-state index is 11.8. The van der Waals surface area contributed by atoms with Crippen LogP contribution in [0.15, 0.2) is 29.1 Å². The fraction of sp³-hybridized carbons (Fsp3) is 0.111. The first kappa shape index (κ1) is 9.21. The first-order valence-electron chi connectivity index (χ1n) is 4.05. The minimum atomic E-state index is -0.0602. The van der Waals surface area contributed by atoms with Gasteiger partial charge in [0.1, 0.15) is 4.60 Å². The Balaban J connectivity index is 2.42. The van der Waals surface area contributed by atoms with E-state index in [0.29, 0.717) is 15.9 Å². The molecule has 0 fully saturated rings. The molecule has 0 saturated carbocycles. The van der Waals surface area contributed by atoms with Crippen LogP contribution in [0, 0.1) is 0 Å². The summed E-state index contributed by atoms with van der Waals surface area (Å²) in [5, 5.41) is 3.98. The molecule has 2 aromatic heterocycles. The van der Waals surface area contributed by atoms with E-state index in [-0.39, 0.29) is 5.78 Å². The summed E-state index contributed by atoms with van der Waals surface area (Å²) in [6, 6.07) is 3.53. The Morgan fingerprint density at radius 2 is 2.43 bits per heavy atom. The zero-order valence-corrected chi connectivity index (χ0v) is 9.08. The van der Waals surface area contributed by atoms with Crippen molar-refractivity contribution < 1.29 is 4.79 Å². The Bertz CT molecular complexity index is 458. The summed E-state index contributed by atoms with van der Waals surface area (Å²) in [4.78, 5) is 14.7. The zero-order valence-electron chi connectivity index (χ0n) is 7.49. The molecule has 0 radical (unpaired) electrons. The van der Waals surface area contributed by atoms with E-state index >= 15 is 0 Å². The van der Waals surface area contributed by atoms with Crippen molar-refractivity contribution in [2.75, 3.05) is 0 Å². The third-order valence-electron chi connectivity index (χ3n) is 1.95. The maximum absolute atomic E-state index is 11.8. The highest BCUT2D eigenvalue weighted by Crippen LogP contribution is 2.17. The van der Waals surface area contributed by atoms with E-state index in [2.05, 4.69) is 26.0 Å². The predicted molar refractivity (Wildman–Crippen MR) is 55.1 cm³/mol. The molecule has 0 saturated heterocycles. The number of halogens is 1. The van der Waals surface area contributed by atoms with Crippen molar-refractivity contribution in [3.63, 3.8) is 0 Å². The predicted octanol–water partition coefficient (Wildman–Crippen LogP) is 1.74. The summed E-state index contributed by atoms with van der Waals surface area (Å²) in [5.41, 5.74) is 1.13. The Hall–Kier alpha value is -1.36. The van der Waals surface area contributed by atoms with Crippen molar-refractivity contribution in [1.82, 2.24) is 14.8 Å². The van der Waals surface area contributed by atoms with Crippen LogP contribution in [0.4, 0.5) is 0 Å². The van der Waals surface area contributed by atoms with Crippen LogP contribution in [-0.2, 0) is 7.05 Å². The highest BCUT2D eigenvalue weighted by atomic mass is 79.9. The van der Waals surface area contributed by atoms with E-state index in [1.165, 1.54) is 0 Å². The number of hydrogen-bond acceptors (Lipinski definition) is 2. The lowest BCUT2D eigenvalue weighted by molar-refractivity contribution is 0.103. The Morgan fingerprint density at radius 1 is 1.64 bits per heavy atom. The normalized spacial score (nSPS) is 10.4. The van der Waals surface area contributed by atoms with Crippen LogP contribution in [-0.4, -0.2) is 20.5 Å². The number of hydrogen-bond donors (Lipinski definition) is 1. The molecule has 4 nitrogen and oxygen atoms in total. The van der Waals surface area contributed by atoms with E-state index in [4.69, 9.17) is 0 Å². The van der Waals surface area contributed by atoms with Gasteiger partial charge < -0.3 is 4.98 Å². The van der Waals surface area contributed by atoms with Gasteiger partial charge in [0, 0.05) is 13.2 Å². The molecule has 0 unspecified atom stereocenters. The van der Waals surface area contributed by atoms with Crippen molar-refractivity contribution in [2.45, 2.75) is 0 Å². The number of aryl methyl sites for hydroxylation is 1. The maximum Gasteiger partial charge on any atom is 0.213 e. The van der Waals surface area contributed by atoms with E-state index in [1.54, 1.807) is 36.3 Å². The second-order valence-corrected chi connectivity index (χ2v) is 3.64. The standard InChI is InChI=1S/C9H8BrN3O/c1-13-9(10)6(5-12-13)8(14)7-3-2-4-11-7/h2-5,11H,1H3. The van der Waals surface area contributed by atoms with Crippen molar-refractivity contribution in [2.24, 2.45) is 7.05 Å². The Labute approximate surface area is 89.1 Å². The van der Waals surface area contributed by atoms with E-state index in [9.17, 15) is 4.79 Å². The SMILES string of the molecule is Cn1ncc(C(=O)c2ccc[nH]2)c1Br. The van der Waals surface area contributed by atoms with E-state index in [1.807, 2.05) is 0 Å². The molecule has 0 amide bonds. The number of carbonyl (C=O) groups excluding carboxylic acids is 1. The van der Waals surface area contributed by atoms with Gasteiger partial charge in [-0.05, 0) is 28.1 Å². The lowest BCUT2D eigenvalue weighted by Crippen LogP contribution is -2.01. The highest BCUT2D eigenvalue weighted by Gasteiger charge is 2.16. The van der Waals surface area contributed by atoms with Gasteiger partial charge >= 0.3 is 0 Å². The number of ketones is 1. The van der Waals surface area contributed by atoms with Crippen LogP contribution in [0.5, 0.6) is 0 Å². The zero-order chi connectivity index (χ0) is 10.1. The molecule has 0 spiro atoms. The molecule has 0 aliphatic carbocycles. The Kier molecular flexibility index (Phi) is 2.25. The largest absolute Gasteiger partial charge is 0.359 e. The molecule has 5 heteroatoms. The molecule has 0 aliphatic rings. The molecule has 14 heavy (non-hydrogen) atoms. The molecule has 2 aromatic rings. The minimum Gasteiger partial charge on any atom is -0.359 e. The molecule has 1 N–H and O–H groups in total. The summed E-state index contributed by atoms with van der Waals surface area (Å²) in [6.07, 6.45) is 3.27. The first-order valence-corrected chi connectivity index (χ1v) is 4.85. The average Bonchev–Trinajstić information content (AvgIpc) is 2.77. The van der Waals surface area contributed by atoms with Crippen LogP contribution in [0.25, 0.3) is 0 Å². The van der Waals surface area contributed by atoms with Crippen LogP contribution < -0.4 is 0 Å². The van der Waals surface area contributed by atoms with E-state index < -0.39 is 0 Å². The summed E-state index contributed by atoms with van der Waals surface area (Å²) in [6.45, 7) is 0. The molecule has 0 aromatic carbocycles. The molecule has 0 atom stereocenters. The van der Waals surface area contributed by atoms with Gasteiger partial charge in [-0.15, -0.1) is 0 Å². The molecule has 2 rings (SSSR count). The summed E-state index contributed by atoms with van der Waals surface area (Å²) >= 11 is 3.30. The van der Waals surface area contributed by atoms with Gasteiger partial charge in [0.25, 0.3) is 0 Å². The van der Waals surface area contributed by atoms with Crippen LogP contribution in [0.1, 0.15) is 16.1 Å². The number of nitrogens with one attached hydrogen (secondary N) is 1.